The Bertz CT molecular complexity index is 1060. The van der Waals surface area contributed by atoms with E-state index in [1.807, 2.05) is 60.7 Å². The third-order valence-corrected chi connectivity index (χ3v) is 5.02. The molecule has 0 fully saturated rings. The van der Waals surface area contributed by atoms with Crippen LogP contribution in [0.3, 0.4) is 0 Å². The first-order chi connectivity index (χ1) is 13.2. The van der Waals surface area contributed by atoms with E-state index in [4.69, 9.17) is 0 Å². The summed E-state index contributed by atoms with van der Waals surface area (Å²) in [6.07, 6.45) is 0. The first-order valence-electron chi connectivity index (χ1n) is 8.71. The van der Waals surface area contributed by atoms with Crippen LogP contribution < -0.4 is 0 Å². The lowest BCUT2D eigenvalue weighted by Gasteiger charge is -2.33. The van der Waals surface area contributed by atoms with E-state index >= 15 is 0 Å². The Labute approximate surface area is 157 Å². The summed E-state index contributed by atoms with van der Waals surface area (Å²) in [6, 6.07) is 29.0. The molecule has 0 atom stereocenters. The maximum absolute atomic E-state index is 12.9. The van der Waals surface area contributed by atoms with Crippen LogP contribution in [-0.2, 0) is 10.2 Å². The van der Waals surface area contributed by atoms with Crippen LogP contribution in [0.2, 0.25) is 0 Å². The van der Waals surface area contributed by atoms with Crippen LogP contribution in [0.15, 0.2) is 97.1 Å². The van der Waals surface area contributed by atoms with E-state index in [2.05, 4.69) is 0 Å². The Morgan fingerprint density at radius 3 is 1.74 bits per heavy atom. The number of aliphatic carboxylic acids is 1. The van der Waals surface area contributed by atoms with Crippen LogP contribution in [-0.4, -0.2) is 16.2 Å². The predicted molar refractivity (Wildman–Crippen MR) is 106 cm³/mol. The molecule has 0 bridgehead atoms. The van der Waals surface area contributed by atoms with Crippen molar-refractivity contribution >= 4 is 16.7 Å². The molecule has 3 nitrogen and oxygen atoms in total. The Kier molecular flexibility index (Phi) is 4.13. The average molecular weight is 354 g/mol. The summed E-state index contributed by atoms with van der Waals surface area (Å²) >= 11 is 0. The van der Waals surface area contributed by atoms with Gasteiger partial charge in [0, 0.05) is 5.56 Å². The number of hydrogen-bond donors (Lipinski definition) is 2. The van der Waals surface area contributed by atoms with Gasteiger partial charge in [-0.2, -0.15) is 0 Å². The smallest absolute Gasteiger partial charge is 0.323 e. The van der Waals surface area contributed by atoms with Crippen molar-refractivity contribution < 1.29 is 15.0 Å². The molecule has 4 aromatic rings. The highest BCUT2D eigenvalue weighted by atomic mass is 16.4. The van der Waals surface area contributed by atoms with Crippen LogP contribution in [0.1, 0.15) is 16.7 Å². The fraction of sp³-hybridized carbons (Fsp3) is 0.0417. The molecule has 0 heterocycles. The number of carbonyl (C=O) groups is 1. The van der Waals surface area contributed by atoms with Gasteiger partial charge in [0.15, 0.2) is 0 Å². The minimum absolute atomic E-state index is 0.0381. The summed E-state index contributed by atoms with van der Waals surface area (Å²) in [4.78, 5) is 12.9. The van der Waals surface area contributed by atoms with Crippen LogP contribution in [0.4, 0.5) is 0 Å². The molecule has 0 radical (unpaired) electrons. The maximum Gasteiger partial charge on any atom is 0.323 e. The predicted octanol–water partition coefficient (Wildman–Crippen LogP) is 4.96. The molecule has 0 amide bonds. The third-order valence-electron chi connectivity index (χ3n) is 5.02. The molecule has 132 valence electrons. The molecule has 2 N–H and O–H groups in total. The zero-order valence-electron chi connectivity index (χ0n) is 14.5. The lowest BCUT2D eigenvalue weighted by Crippen LogP contribution is -2.38. The molecule has 0 aliphatic carbocycles. The Morgan fingerprint density at radius 2 is 1.19 bits per heavy atom. The quantitative estimate of drug-likeness (QED) is 0.509. The van der Waals surface area contributed by atoms with Gasteiger partial charge >= 0.3 is 5.97 Å². The van der Waals surface area contributed by atoms with E-state index in [9.17, 15) is 15.0 Å². The van der Waals surface area contributed by atoms with Crippen molar-refractivity contribution in [2.24, 2.45) is 0 Å². The van der Waals surface area contributed by atoms with Crippen molar-refractivity contribution in [2.45, 2.75) is 5.41 Å². The molecule has 0 unspecified atom stereocenters. The molecule has 0 aromatic heterocycles. The lowest BCUT2D eigenvalue weighted by atomic mass is 9.68. The summed E-state index contributed by atoms with van der Waals surface area (Å²) in [5.74, 6) is -1.07. The highest BCUT2D eigenvalue weighted by Gasteiger charge is 2.46. The van der Waals surface area contributed by atoms with Gasteiger partial charge in [-0.05, 0) is 28.0 Å². The van der Waals surface area contributed by atoms with E-state index in [1.165, 1.54) is 0 Å². The van der Waals surface area contributed by atoms with Gasteiger partial charge in [0.05, 0.1) is 0 Å². The maximum atomic E-state index is 12.9. The number of phenols is 1. The van der Waals surface area contributed by atoms with Crippen LogP contribution in [0.25, 0.3) is 10.8 Å². The van der Waals surface area contributed by atoms with E-state index in [1.54, 1.807) is 36.4 Å². The average Bonchev–Trinajstić information content (AvgIpc) is 2.71. The third kappa shape index (κ3) is 2.56. The van der Waals surface area contributed by atoms with Crippen molar-refractivity contribution in [3.63, 3.8) is 0 Å². The van der Waals surface area contributed by atoms with Crippen LogP contribution >= 0.6 is 0 Å². The Balaban J connectivity index is 2.22. The van der Waals surface area contributed by atoms with Crippen LogP contribution in [0, 0.1) is 0 Å². The second-order valence-corrected chi connectivity index (χ2v) is 6.47. The topological polar surface area (TPSA) is 57.5 Å². The number of carboxylic acids is 1. The highest BCUT2D eigenvalue weighted by molar-refractivity contribution is 6.00. The number of aromatic hydroxyl groups is 1. The summed E-state index contributed by atoms with van der Waals surface area (Å²) in [7, 11) is 0. The second kappa shape index (κ2) is 6.61. The molecule has 0 saturated heterocycles. The van der Waals surface area contributed by atoms with Gasteiger partial charge in [0.1, 0.15) is 11.2 Å². The standard InChI is InChI=1S/C24H18O3/c25-21-16-15-17-9-7-8-14-20(17)22(21)24(23(26)27,18-10-3-1-4-11-18)19-12-5-2-6-13-19/h1-16,25H,(H,26,27). The fourth-order valence-corrected chi connectivity index (χ4v) is 3.84. The summed E-state index contributed by atoms with van der Waals surface area (Å²) in [5.41, 5.74) is 0.0317. The molecular weight excluding hydrogens is 336 g/mol. The number of phenolic OH excluding ortho intramolecular Hbond substituents is 1. The van der Waals surface area contributed by atoms with E-state index < -0.39 is 11.4 Å². The number of benzene rings is 4. The molecular formula is C24H18O3. The first kappa shape index (κ1) is 16.9. The molecule has 4 rings (SSSR count). The van der Waals surface area contributed by atoms with Gasteiger partial charge in [-0.3, -0.25) is 4.79 Å². The number of carboxylic acid groups (broad SMARTS) is 1. The van der Waals surface area contributed by atoms with Gasteiger partial charge in [-0.25, -0.2) is 0 Å². The summed E-state index contributed by atoms with van der Waals surface area (Å²) in [5, 5.41) is 23.0. The molecule has 0 saturated carbocycles. The molecule has 0 aliphatic heterocycles. The highest BCUT2D eigenvalue weighted by Crippen LogP contribution is 2.46. The molecule has 27 heavy (non-hydrogen) atoms. The Morgan fingerprint density at radius 1 is 0.667 bits per heavy atom. The minimum Gasteiger partial charge on any atom is -0.508 e. The number of fused-ring (bicyclic) bond motifs is 1. The SMILES string of the molecule is O=C(O)C(c1ccccc1)(c1ccccc1)c1c(O)ccc2ccccc12. The van der Waals surface area contributed by atoms with E-state index in [0.29, 0.717) is 22.1 Å². The van der Waals surface area contributed by atoms with Gasteiger partial charge in [0.2, 0.25) is 0 Å². The summed E-state index contributed by atoms with van der Waals surface area (Å²) < 4.78 is 0. The molecule has 3 heteroatoms. The normalized spacial score (nSPS) is 11.4. The van der Waals surface area contributed by atoms with Crippen molar-refractivity contribution in [1.82, 2.24) is 0 Å². The van der Waals surface area contributed by atoms with Crippen LogP contribution in [0.5, 0.6) is 5.75 Å². The molecule has 0 spiro atoms. The first-order valence-corrected chi connectivity index (χ1v) is 8.71. The van der Waals surface area contributed by atoms with Gasteiger partial charge < -0.3 is 10.2 Å². The van der Waals surface area contributed by atoms with E-state index in [0.717, 1.165) is 5.39 Å². The zero-order chi connectivity index (χ0) is 18.9. The lowest BCUT2D eigenvalue weighted by molar-refractivity contribution is -0.140. The van der Waals surface area contributed by atoms with Crippen molar-refractivity contribution in [3.05, 3.63) is 114 Å². The van der Waals surface area contributed by atoms with Gasteiger partial charge in [0.25, 0.3) is 0 Å². The number of rotatable bonds is 4. The Hall–Kier alpha value is -3.59. The monoisotopic (exact) mass is 354 g/mol. The number of hydrogen-bond acceptors (Lipinski definition) is 2. The van der Waals surface area contributed by atoms with E-state index in [-0.39, 0.29) is 5.75 Å². The summed E-state index contributed by atoms with van der Waals surface area (Å²) in [6.45, 7) is 0. The zero-order valence-corrected chi connectivity index (χ0v) is 14.5. The van der Waals surface area contributed by atoms with Crippen molar-refractivity contribution in [3.8, 4) is 5.75 Å². The fourth-order valence-electron chi connectivity index (χ4n) is 3.84. The largest absolute Gasteiger partial charge is 0.508 e. The second-order valence-electron chi connectivity index (χ2n) is 6.47. The van der Waals surface area contributed by atoms with Gasteiger partial charge in [-0.15, -0.1) is 0 Å². The molecule has 0 aliphatic rings. The van der Waals surface area contributed by atoms with Crippen molar-refractivity contribution in [1.29, 1.82) is 0 Å². The minimum atomic E-state index is -1.53. The van der Waals surface area contributed by atoms with Crippen molar-refractivity contribution in [2.75, 3.05) is 0 Å². The van der Waals surface area contributed by atoms with Gasteiger partial charge in [-0.1, -0.05) is 91.0 Å². The molecule has 4 aromatic carbocycles.